The third-order valence-electron chi connectivity index (χ3n) is 7.96. The number of hydrazine groups is 1. The van der Waals surface area contributed by atoms with Crippen molar-refractivity contribution in [2.24, 2.45) is 16.8 Å². The van der Waals surface area contributed by atoms with Gasteiger partial charge in [0.15, 0.2) is 5.90 Å². The number of rotatable bonds is 9. The molecule has 5 unspecified atom stereocenters. The van der Waals surface area contributed by atoms with E-state index in [-0.39, 0.29) is 23.9 Å². The summed E-state index contributed by atoms with van der Waals surface area (Å²) >= 11 is 0. The second-order valence-corrected chi connectivity index (χ2v) is 10.6. The van der Waals surface area contributed by atoms with Gasteiger partial charge in [-0.05, 0) is 25.8 Å². The van der Waals surface area contributed by atoms with Gasteiger partial charge in [-0.2, -0.15) is 13.2 Å². The Kier molecular flexibility index (Phi) is 8.11. The predicted molar refractivity (Wildman–Crippen MR) is 131 cm³/mol. The first-order chi connectivity index (χ1) is 17.8. The molecule has 0 aromatic heterocycles. The number of carbonyl (C=O) groups is 1. The minimum absolute atomic E-state index is 0.0191. The average molecular weight is 527 g/mol. The summed E-state index contributed by atoms with van der Waals surface area (Å²) in [5.74, 6) is 1.21. The number of carbonyl (C=O) groups excluding carboxylic acids is 1. The van der Waals surface area contributed by atoms with Crippen molar-refractivity contribution in [3.63, 3.8) is 0 Å². The lowest BCUT2D eigenvalue weighted by molar-refractivity contribution is -0.158. The van der Waals surface area contributed by atoms with Crippen molar-refractivity contribution in [1.82, 2.24) is 14.9 Å². The Bertz CT molecular complexity index is 931. The first-order valence-electron chi connectivity index (χ1n) is 13.5. The summed E-state index contributed by atoms with van der Waals surface area (Å²) in [5.41, 5.74) is 1.32. The molecule has 4 heterocycles. The molecule has 0 aromatic rings. The van der Waals surface area contributed by atoms with Crippen LogP contribution in [0.2, 0.25) is 0 Å². The van der Waals surface area contributed by atoms with Crippen LogP contribution in [0.1, 0.15) is 39.0 Å². The largest absolute Gasteiger partial charge is 0.495 e. The average Bonchev–Trinajstić information content (AvgIpc) is 3.57. The molecule has 4 aliphatic heterocycles. The number of ether oxygens (including phenoxy) is 3. The minimum atomic E-state index is -4.25. The fourth-order valence-corrected chi connectivity index (χ4v) is 6.01. The zero-order valence-corrected chi connectivity index (χ0v) is 21.4. The van der Waals surface area contributed by atoms with E-state index in [1.54, 1.807) is 5.01 Å². The molecule has 206 valence electrons. The Hall–Kier alpha value is -2.11. The second kappa shape index (κ2) is 11.3. The van der Waals surface area contributed by atoms with E-state index in [1.807, 2.05) is 13.0 Å². The second-order valence-electron chi connectivity index (χ2n) is 10.6. The molecule has 8 nitrogen and oxygen atoms in total. The van der Waals surface area contributed by atoms with Gasteiger partial charge in [0.25, 0.3) is 0 Å². The smallest absolute Gasteiger partial charge is 0.407 e. The van der Waals surface area contributed by atoms with Gasteiger partial charge in [0, 0.05) is 49.3 Å². The lowest BCUT2D eigenvalue weighted by atomic mass is 9.77. The Morgan fingerprint density at radius 3 is 2.73 bits per heavy atom. The summed E-state index contributed by atoms with van der Waals surface area (Å²) in [6.07, 6.45) is 2.64. The molecule has 0 aromatic carbocycles. The lowest BCUT2D eigenvalue weighted by Gasteiger charge is -2.38. The molecule has 37 heavy (non-hydrogen) atoms. The van der Waals surface area contributed by atoms with Crippen molar-refractivity contribution < 1.29 is 32.2 Å². The minimum Gasteiger partial charge on any atom is -0.495 e. The maximum atomic E-state index is 13.3. The van der Waals surface area contributed by atoms with Gasteiger partial charge in [-0.3, -0.25) is 9.69 Å². The third kappa shape index (κ3) is 6.49. The standard InChI is InChI=1S/C26H37F3N4O4/c1-18-25(20(15-34)12-24(30-18)36-11-8-31-6-9-35-10-7-31)37-16-19-4-2-3-5-22(19)23-13-21-14-32(21)33(23)17-26(27,28)29/h13,15,18-19,21-22H,2-12,14,16-17H2,1H3. The molecule has 0 radical (unpaired) electrons. The number of aliphatic imine (C=N–C) groups is 1. The summed E-state index contributed by atoms with van der Waals surface area (Å²) in [6, 6.07) is -0.250. The molecule has 0 spiro atoms. The van der Waals surface area contributed by atoms with Crippen LogP contribution in [0, 0.1) is 11.8 Å². The topological polar surface area (TPSA) is 66.6 Å². The van der Waals surface area contributed by atoms with Crippen molar-refractivity contribution in [2.75, 3.05) is 59.2 Å². The molecule has 0 bridgehead atoms. The Morgan fingerprint density at radius 2 is 1.97 bits per heavy atom. The number of morpholine rings is 1. The highest BCUT2D eigenvalue weighted by atomic mass is 19.4. The highest BCUT2D eigenvalue weighted by Crippen LogP contribution is 2.45. The molecule has 1 aliphatic carbocycles. The molecule has 1 saturated carbocycles. The summed E-state index contributed by atoms with van der Waals surface area (Å²) in [6.45, 7) is 6.48. The van der Waals surface area contributed by atoms with E-state index in [1.165, 1.54) is 5.01 Å². The van der Waals surface area contributed by atoms with Crippen LogP contribution in [-0.4, -0.2) is 105 Å². The van der Waals surface area contributed by atoms with Gasteiger partial charge >= 0.3 is 6.18 Å². The Labute approximate surface area is 216 Å². The number of allylic oxidation sites excluding steroid dienone is 1. The molecular weight excluding hydrogens is 489 g/mol. The fraction of sp³-hybridized carbons (Fsp3) is 0.769. The van der Waals surface area contributed by atoms with Crippen LogP contribution in [0.3, 0.4) is 0 Å². The highest BCUT2D eigenvalue weighted by molar-refractivity contribution is 5.89. The van der Waals surface area contributed by atoms with E-state index in [0.717, 1.165) is 70.5 Å². The molecule has 5 aliphatic rings. The fourth-order valence-electron chi connectivity index (χ4n) is 6.01. The summed E-state index contributed by atoms with van der Waals surface area (Å²) < 4.78 is 57.3. The summed E-state index contributed by atoms with van der Waals surface area (Å²) in [7, 11) is 0. The van der Waals surface area contributed by atoms with Crippen molar-refractivity contribution in [1.29, 1.82) is 0 Å². The van der Waals surface area contributed by atoms with Gasteiger partial charge in [-0.15, -0.1) is 0 Å². The molecule has 3 fully saturated rings. The number of aldehydes is 1. The predicted octanol–water partition coefficient (Wildman–Crippen LogP) is 3.16. The van der Waals surface area contributed by atoms with Crippen LogP contribution < -0.4 is 0 Å². The number of halogens is 3. The summed E-state index contributed by atoms with van der Waals surface area (Å²) in [4.78, 5) is 18.8. The van der Waals surface area contributed by atoms with Crippen molar-refractivity contribution in [3.8, 4) is 0 Å². The molecule has 5 atom stereocenters. The molecule has 0 amide bonds. The number of hydrogen-bond acceptors (Lipinski definition) is 8. The molecule has 0 N–H and O–H groups in total. The quantitative estimate of drug-likeness (QED) is 0.338. The maximum Gasteiger partial charge on any atom is 0.407 e. The van der Waals surface area contributed by atoms with Gasteiger partial charge in [-0.25, -0.2) is 10.0 Å². The highest BCUT2D eigenvalue weighted by Gasteiger charge is 2.50. The lowest BCUT2D eigenvalue weighted by Crippen LogP contribution is -2.40. The number of dihydropyridines is 1. The van der Waals surface area contributed by atoms with E-state index >= 15 is 0 Å². The van der Waals surface area contributed by atoms with Gasteiger partial charge in [0.1, 0.15) is 31.2 Å². The first-order valence-corrected chi connectivity index (χ1v) is 13.5. The van der Waals surface area contributed by atoms with E-state index in [0.29, 0.717) is 43.4 Å². The summed E-state index contributed by atoms with van der Waals surface area (Å²) in [5, 5.41) is 3.23. The van der Waals surface area contributed by atoms with Crippen LogP contribution >= 0.6 is 0 Å². The zero-order valence-electron chi connectivity index (χ0n) is 21.4. The van der Waals surface area contributed by atoms with Crippen LogP contribution in [-0.2, 0) is 19.0 Å². The molecule has 11 heteroatoms. The van der Waals surface area contributed by atoms with Crippen LogP contribution in [0.25, 0.3) is 0 Å². The van der Waals surface area contributed by atoms with Gasteiger partial charge in [-0.1, -0.05) is 12.8 Å². The number of hydrogen-bond donors (Lipinski definition) is 0. The van der Waals surface area contributed by atoms with Gasteiger partial charge in [0.2, 0.25) is 0 Å². The van der Waals surface area contributed by atoms with E-state index < -0.39 is 12.7 Å². The number of fused-ring (bicyclic) bond motifs is 1. The zero-order chi connectivity index (χ0) is 26.0. The molecule has 2 saturated heterocycles. The van der Waals surface area contributed by atoms with E-state index in [4.69, 9.17) is 14.2 Å². The Morgan fingerprint density at radius 1 is 1.19 bits per heavy atom. The van der Waals surface area contributed by atoms with Crippen molar-refractivity contribution in [2.45, 2.75) is 57.3 Å². The molecule has 5 rings (SSSR count). The van der Waals surface area contributed by atoms with E-state index in [9.17, 15) is 18.0 Å². The maximum absolute atomic E-state index is 13.3. The SMILES string of the molecule is CC1N=C(OCCN2CCOCC2)CC(C=O)=C1OCC1CCCCC1C1=CC2CN2N1CC(F)(F)F. The van der Waals surface area contributed by atoms with Crippen molar-refractivity contribution >= 4 is 12.2 Å². The van der Waals surface area contributed by atoms with Gasteiger partial charge in [0.05, 0.1) is 32.3 Å². The van der Waals surface area contributed by atoms with Crippen LogP contribution in [0.15, 0.2) is 28.1 Å². The number of alkyl halides is 3. The first kappa shape index (κ1) is 26.5. The number of nitrogens with zero attached hydrogens (tertiary/aromatic N) is 4. The van der Waals surface area contributed by atoms with Crippen molar-refractivity contribution in [3.05, 3.63) is 23.1 Å². The Balaban J connectivity index is 1.18. The third-order valence-corrected chi connectivity index (χ3v) is 7.96. The van der Waals surface area contributed by atoms with E-state index in [2.05, 4.69) is 9.89 Å². The van der Waals surface area contributed by atoms with Crippen LogP contribution in [0.5, 0.6) is 0 Å². The molecular formula is C26H37F3N4O4. The van der Waals surface area contributed by atoms with Gasteiger partial charge < -0.3 is 19.2 Å². The normalized spacial score (nSPS) is 32.5. The van der Waals surface area contributed by atoms with Crippen LogP contribution in [0.4, 0.5) is 13.2 Å². The monoisotopic (exact) mass is 526 g/mol.